The zero-order valence-corrected chi connectivity index (χ0v) is 15.5. The maximum atomic E-state index is 12.4. The Labute approximate surface area is 155 Å². The third kappa shape index (κ3) is 3.82. The number of morpholine rings is 1. The molecular weight excluding hydrogens is 354 g/mol. The molecule has 3 heterocycles. The van der Waals surface area contributed by atoms with E-state index in [1.807, 2.05) is 5.38 Å². The SMILES string of the molecule is C[C@@H]1CN(Cc2csc(NC(=O)c3ccc4c(c3)OCO4)n2)C[C@@H](C)O1. The Bertz CT molecular complexity index is 799. The van der Waals surface area contributed by atoms with E-state index < -0.39 is 0 Å². The van der Waals surface area contributed by atoms with Crippen LogP contribution >= 0.6 is 11.3 Å². The number of nitrogens with zero attached hydrogens (tertiary/aromatic N) is 2. The number of carbonyl (C=O) groups excluding carboxylic acids is 1. The molecule has 2 aliphatic rings. The number of thiazole rings is 1. The molecule has 2 aliphatic heterocycles. The lowest BCUT2D eigenvalue weighted by Crippen LogP contribution is -2.44. The van der Waals surface area contributed by atoms with Crippen molar-refractivity contribution in [2.45, 2.75) is 32.6 Å². The van der Waals surface area contributed by atoms with Crippen molar-refractivity contribution < 1.29 is 19.0 Å². The van der Waals surface area contributed by atoms with Gasteiger partial charge in [-0.2, -0.15) is 0 Å². The Morgan fingerprint density at radius 1 is 1.27 bits per heavy atom. The molecule has 0 aliphatic carbocycles. The molecule has 1 fully saturated rings. The van der Waals surface area contributed by atoms with Gasteiger partial charge in [0.1, 0.15) is 0 Å². The molecule has 0 unspecified atom stereocenters. The number of amides is 1. The summed E-state index contributed by atoms with van der Waals surface area (Å²) in [5, 5.41) is 5.43. The largest absolute Gasteiger partial charge is 0.454 e. The number of hydrogen-bond acceptors (Lipinski definition) is 7. The van der Waals surface area contributed by atoms with Gasteiger partial charge in [-0.05, 0) is 32.0 Å². The predicted octanol–water partition coefficient (Wildman–Crippen LogP) is 2.73. The quantitative estimate of drug-likeness (QED) is 0.886. The molecule has 1 aromatic carbocycles. The fourth-order valence-electron chi connectivity index (χ4n) is 3.29. The molecular formula is C18H21N3O4S. The van der Waals surface area contributed by atoms with Gasteiger partial charge in [-0.15, -0.1) is 11.3 Å². The van der Waals surface area contributed by atoms with Crippen LogP contribution in [0, 0.1) is 0 Å². The van der Waals surface area contributed by atoms with Gasteiger partial charge in [-0.25, -0.2) is 4.98 Å². The lowest BCUT2D eigenvalue weighted by atomic mass is 10.2. The molecule has 0 bridgehead atoms. The molecule has 8 heteroatoms. The van der Waals surface area contributed by atoms with Gasteiger partial charge in [-0.3, -0.25) is 15.0 Å². The normalized spacial score (nSPS) is 22.4. The minimum atomic E-state index is -0.210. The first-order valence-electron chi connectivity index (χ1n) is 8.60. The lowest BCUT2D eigenvalue weighted by molar-refractivity contribution is -0.0707. The average molecular weight is 375 g/mol. The minimum Gasteiger partial charge on any atom is -0.454 e. The van der Waals surface area contributed by atoms with Gasteiger partial charge in [0.15, 0.2) is 16.6 Å². The molecule has 2 aromatic rings. The topological polar surface area (TPSA) is 72.9 Å². The van der Waals surface area contributed by atoms with E-state index in [1.165, 1.54) is 11.3 Å². The Hall–Kier alpha value is -2.16. The Morgan fingerprint density at radius 3 is 2.85 bits per heavy atom. The van der Waals surface area contributed by atoms with E-state index >= 15 is 0 Å². The zero-order valence-electron chi connectivity index (χ0n) is 14.7. The summed E-state index contributed by atoms with van der Waals surface area (Å²) >= 11 is 1.43. The van der Waals surface area contributed by atoms with Crippen molar-refractivity contribution in [1.29, 1.82) is 0 Å². The number of hydrogen-bond donors (Lipinski definition) is 1. The van der Waals surface area contributed by atoms with E-state index in [4.69, 9.17) is 14.2 Å². The van der Waals surface area contributed by atoms with Crippen molar-refractivity contribution in [2.24, 2.45) is 0 Å². The highest BCUT2D eigenvalue weighted by Crippen LogP contribution is 2.32. The summed E-state index contributed by atoms with van der Waals surface area (Å²) in [7, 11) is 0. The molecule has 0 radical (unpaired) electrons. The van der Waals surface area contributed by atoms with E-state index in [-0.39, 0.29) is 24.9 Å². The molecule has 138 valence electrons. The first-order chi connectivity index (χ1) is 12.6. The van der Waals surface area contributed by atoms with Gasteiger partial charge in [0.05, 0.1) is 17.9 Å². The second-order valence-electron chi connectivity index (χ2n) is 6.62. The molecule has 1 aromatic heterocycles. The Balaban J connectivity index is 1.38. The van der Waals surface area contributed by atoms with Gasteiger partial charge in [0.2, 0.25) is 6.79 Å². The summed E-state index contributed by atoms with van der Waals surface area (Å²) in [5.41, 5.74) is 1.47. The van der Waals surface area contributed by atoms with Crippen LogP contribution in [0.15, 0.2) is 23.6 Å². The second kappa shape index (κ2) is 7.22. The number of fused-ring (bicyclic) bond motifs is 1. The van der Waals surface area contributed by atoms with Gasteiger partial charge in [0, 0.05) is 30.6 Å². The molecule has 26 heavy (non-hydrogen) atoms. The third-order valence-corrected chi connectivity index (χ3v) is 5.09. The van der Waals surface area contributed by atoms with E-state index in [1.54, 1.807) is 18.2 Å². The number of aromatic nitrogens is 1. The summed E-state index contributed by atoms with van der Waals surface area (Å²) in [4.78, 5) is 19.3. The molecule has 1 saturated heterocycles. The maximum absolute atomic E-state index is 12.4. The highest BCUT2D eigenvalue weighted by molar-refractivity contribution is 7.13. The highest BCUT2D eigenvalue weighted by atomic mass is 32.1. The van der Waals surface area contributed by atoms with Crippen LogP contribution in [0.3, 0.4) is 0 Å². The van der Waals surface area contributed by atoms with Crippen LogP contribution in [-0.2, 0) is 11.3 Å². The van der Waals surface area contributed by atoms with Gasteiger partial charge in [-0.1, -0.05) is 0 Å². The van der Waals surface area contributed by atoms with Crippen molar-refractivity contribution in [1.82, 2.24) is 9.88 Å². The first-order valence-corrected chi connectivity index (χ1v) is 9.48. The number of benzene rings is 1. The van der Waals surface area contributed by atoms with Crippen LogP contribution in [0.2, 0.25) is 0 Å². The van der Waals surface area contributed by atoms with Gasteiger partial charge >= 0.3 is 0 Å². The number of nitrogens with one attached hydrogen (secondary N) is 1. The van der Waals surface area contributed by atoms with Crippen LogP contribution in [-0.4, -0.2) is 47.9 Å². The summed E-state index contributed by atoms with van der Waals surface area (Å²) in [6.45, 7) is 6.90. The summed E-state index contributed by atoms with van der Waals surface area (Å²) in [5.74, 6) is 1.04. The molecule has 7 nitrogen and oxygen atoms in total. The van der Waals surface area contributed by atoms with Crippen LogP contribution in [0.25, 0.3) is 0 Å². The van der Waals surface area contributed by atoms with Crippen molar-refractivity contribution in [3.63, 3.8) is 0 Å². The molecule has 0 saturated carbocycles. The highest BCUT2D eigenvalue weighted by Gasteiger charge is 2.23. The summed E-state index contributed by atoms with van der Waals surface area (Å²) in [6.07, 6.45) is 0.449. The molecule has 1 amide bonds. The van der Waals surface area contributed by atoms with E-state index in [0.717, 1.165) is 25.3 Å². The predicted molar refractivity (Wildman–Crippen MR) is 97.9 cm³/mol. The molecule has 2 atom stereocenters. The monoisotopic (exact) mass is 375 g/mol. The average Bonchev–Trinajstić information content (AvgIpc) is 3.22. The maximum Gasteiger partial charge on any atom is 0.257 e. The third-order valence-electron chi connectivity index (χ3n) is 4.29. The lowest BCUT2D eigenvalue weighted by Gasteiger charge is -2.34. The van der Waals surface area contributed by atoms with Gasteiger partial charge in [0.25, 0.3) is 5.91 Å². The molecule has 0 spiro atoms. The van der Waals surface area contributed by atoms with Crippen molar-refractivity contribution in [2.75, 3.05) is 25.2 Å². The number of carbonyl (C=O) groups is 1. The summed E-state index contributed by atoms with van der Waals surface area (Å²) in [6, 6.07) is 5.14. The number of rotatable bonds is 4. The van der Waals surface area contributed by atoms with E-state index in [0.29, 0.717) is 22.2 Å². The fraction of sp³-hybridized carbons (Fsp3) is 0.444. The summed E-state index contributed by atoms with van der Waals surface area (Å²) < 4.78 is 16.3. The second-order valence-corrected chi connectivity index (χ2v) is 7.48. The zero-order chi connectivity index (χ0) is 18.1. The van der Waals surface area contributed by atoms with Crippen LogP contribution in [0.4, 0.5) is 5.13 Å². The Kier molecular flexibility index (Phi) is 4.80. The minimum absolute atomic E-state index is 0.190. The van der Waals surface area contributed by atoms with Crippen LogP contribution in [0.1, 0.15) is 29.9 Å². The smallest absolute Gasteiger partial charge is 0.257 e. The van der Waals surface area contributed by atoms with Crippen LogP contribution < -0.4 is 14.8 Å². The van der Waals surface area contributed by atoms with Crippen LogP contribution in [0.5, 0.6) is 11.5 Å². The van der Waals surface area contributed by atoms with Crippen molar-refractivity contribution >= 4 is 22.4 Å². The number of ether oxygens (including phenoxy) is 3. The van der Waals surface area contributed by atoms with E-state index in [2.05, 4.69) is 29.0 Å². The standard InChI is InChI=1S/C18H21N3O4S/c1-11-6-21(7-12(2)25-11)8-14-9-26-18(19-14)20-17(22)13-3-4-15-16(5-13)24-10-23-15/h3-5,9,11-12H,6-8,10H2,1-2H3,(H,19,20,22)/t11-,12-/m1/s1. The van der Waals surface area contributed by atoms with Crippen molar-refractivity contribution in [3.8, 4) is 11.5 Å². The Morgan fingerprint density at radius 2 is 2.04 bits per heavy atom. The fourth-order valence-corrected chi connectivity index (χ4v) is 3.98. The van der Waals surface area contributed by atoms with Gasteiger partial charge < -0.3 is 14.2 Å². The molecule has 1 N–H and O–H groups in total. The number of anilines is 1. The molecule has 4 rings (SSSR count). The van der Waals surface area contributed by atoms with E-state index in [9.17, 15) is 4.79 Å². The first kappa shape index (κ1) is 17.3. The van der Waals surface area contributed by atoms with Crippen molar-refractivity contribution in [3.05, 3.63) is 34.8 Å².